The molecule has 0 aliphatic carbocycles. The van der Waals surface area contributed by atoms with Gasteiger partial charge in [-0.05, 0) is 35.4 Å². The Bertz CT molecular complexity index is 1250. The van der Waals surface area contributed by atoms with Gasteiger partial charge in [-0.15, -0.1) is 0 Å². The van der Waals surface area contributed by atoms with Gasteiger partial charge in [0.1, 0.15) is 24.4 Å². The van der Waals surface area contributed by atoms with Gasteiger partial charge in [0.05, 0.1) is 32.0 Å². The number of phenols is 1. The van der Waals surface area contributed by atoms with E-state index in [1.165, 1.54) is 0 Å². The minimum absolute atomic E-state index is 0.00462. The minimum atomic E-state index is -1.59. The zero-order valence-corrected chi connectivity index (χ0v) is 20.5. The summed E-state index contributed by atoms with van der Waals surface area (Å²) in [5, 5.41) is 50.6. The van der Waals surface area contributed by atoms with E-state index in [1.807, 2.05) is 6.07 Å². The van der Waals surface area contributed by atoms with Gasteiger partial charge < -0.3 is 63.4 Å². The Morgan fingerprint density at radius 2 is 1.36 bits per heavy atom. The highest BCUT2D eigenvalue weighted by molar-refractivity contribution is 5.56. The van der Waals surface area contributed by atoms with Crippen LogP contribution in [0.2, 0.25) is 0 Å². The van der Waals surface area contributed by atoms with Crippen LogP contribution in [0.25, 0.3) is 0 Å². The van der Waals surface area contributed by atoms with Crippen molar-refractivity contribution >= 4 is 0 Å². The number of fused-ring (bicyclic) bond motifs is 3. The van der Waals surface area contributed by atoms with Crippen LogP contribution in [0.15, 0.2) is 24.3 Å². The Hall–Kier alpha value is -3.04. The lowest BCUT2D eigenvalue weighted by molar-refractivity contribution is -0.277. The van der Waals surface area contributed by atoms with Crippen molar-refractivity contribution in [1.29, 1.82) is 0 Å². The molecule has 13 nitrogen and oxygen atoms in total. The largest absolute Gasteiger partial charge is 0.504 e. The monoisotopic (exact) mass is 548 g/mol. The second-order valence-electron chi connectivity index (χ2n) is 10.2. The first-order valence-electron chi connectivity index (χ1n) is 12.7. The number of aromatic hydroxyl groups is 1. The minimum Gasteiger partial charge on any atom is -0.504 e. The van der Waals surface area contributed by atoms with Crippen molar-refractivity contribution in [2.24, 2.45) is 11.8 Å². The first kappa shape index (κ1) is 25.0. The second-order valence-corrected chi connectivity index (χ2v) is 10.2. The molecule has 13 heteroatoms. The van der Waals surface area contributed by atoms with E-state index in [0.29, 0.717) is 36.2 Å². The lowest BCUT2D eigenvalue weighted by Crippen LogP contribution is -2.60. The molecule has 9 atom stereocenters. The summed E-state index contributed by atoms with van der Waals surface area (Å²) < 4.78 is 45.8. The Labute approximate surface area is 221 Å². The van der Waals surface area contributed by atoms with Crippen molar-refractivity contribution in [2.45, 2.75) is 42.9 Å². The number of aliphatic hydroxyl groups excluding tert-OH is 4. The van der Waals surface area contributed by atoms with Crippen LogP contribution in [0.5, 0.6) is 34.5 Å². The third kappa shape index (κ3) is 4.04. The van der Waals surface area contributed by atoms with Gasteiger partial charge in [-0.3, -0.25) is 0 Å². The van der Waals surface area contributed by atoms with Gasteiger partial charge in [0.25, 0.3) is 0 Å². The van der Waals surface area contributed by atoms with E-state index in [2.05, 4.69) is 0 Å². The van der Waals surface area contributed by atoms with Crippen LogP contribution in [-0.2, 0) is 14.2 Å². The maximum Gasteiger partial charge on any atom is 0.231 e. The summed E-state index contributed by atoms with van der Waals surface area (Å²) in [4.78, 5) is 0. The molecular weight excluding hydrogens is 520 g/mol. The number of ether oxygens (including phenoxy) is 8. The third-order valence-corrected chi connectivity index (χ3v) is 7.95. The highest BCUT2D eigenvalue weighted by Crippen LogP contribution is 2.54. The maximum absolute atomic E-state index is 10.5. The first-order chi connectivity index (χ1) is 18.9. The lowest BCUT2D eigenvalue weighted by atomic mass is 9.84. The molecule has 5 aliphatic rings. The number of hydrogen-bond acceptors (Lipinski definition) is 13. The van der Waals surface area contributed by atoms with Gasteiger partial charge >= 0.3 is 0 Å². The SMILES string of the molecule is OCC1OC(Oc2cc(C3OCC4C(c5cc(O)c6c(c5)OCO6)OCC34)cc3c2OCO3)C(O)C(O)C1O. The Kier molecular flexibility index (Phi) is 6.12. The fourth-order valence-electron chi connectivity index (χ4n) is 5.95. The summed E-state index contributed by atoms with van der Waals surface area (Å²) in [6.07, 6.45) is -7.89. The van der Waals surface area contributed by atoms with Crippen molar-refractivity contribution in [3.8, 4) is 34.5 Å². The molecule has 0 saturated carbocycles. The number of benzene rings is 2. The Balaban J connectivity index is 1.14. The van der Waals surface area contributed by atoms with Crippen molar-refractivity contribution in [3.05, 3.63) is 35.4 Å². The highest BCUT2D eigenvalue weighted by Gasteiger charge is 2.49. The van der Waals surface area contributed by atoms with Crippen LogP contribution in [-0.4, -0.2) is 89.6 Å². The van der Waals surface area contributed by atoms with Gasteiger partial charge in [0, 0.05) is 11.8 Å². The standard InChI is InChI=1S/C26H28O13/c27-5-18-19(29)20(30)21(31)26(39-18)38-17-4-11(3-16-25(17)37-9-35-16)23-13-7-32-22(12(13)6-33-23)10-1-14(28)24-15(2-10)34-8-36-24/h1-4,12-13,18-23,26-31H,5-9H2. The third-order valence-electron chi connectivity index (χ3n) is 7.95. The number of phenolic OH excluding ortho intramolecular Hbond substituents is 1. The fourth-order valence-corrected chi connectivity index (χ4v) is 5.95. The average Bonchev–Trinajstić information content (AvgIpc) is 3.72. The molecule has 39 heavy (non-hydrogen) atoms. The van der Waals surface area contributed by atoms with E-state index in [0.717, 1.165) is 11.1 Å². The second kappa shape index (κ2) is 9.55. The van der Waals surface area contributed by atoms with Crippen molar-refractivity contribution in [3.63, 3.8) is 0 Å². The summed E-state index contributed by atoms with van der Waals surface area (Å²) in [7, 11) is 0. The summed E-state index contributed by atoms with van der Waals surface area (Å²) in [6.45, 7) is 0.246. The molecule has 3 fully saturated rings. The Morgan fingerprint density at radius 3 is 2.03 bits per heavy atom. The molecule has 7 rings (SSSR count). The summed E-state index contributed by atoms with van der Waals surface area (Å²) in [5.74, 6) is 1.65. The van der Waals surface area contributed by atoms with Gasteiger partial charge in [-0.2, -0.15) is 0 Å². The molecule has 210 valence electrons. The zero-order valence-electron chi connectivity index (χ0n) is 20.5. The van der Waals surface area contributed by atoms with Crippen LogP contribution in [0, 0.1) is 11.8 Å². The van der Waals surface area contributed by atoms with Crippen molar-refractivity contribution in [1.82, 2.24) is 0 Å². The molecule has 0 aromatic heterocycles. The van der Waals surface area contributed by atoms with E-state index in [4.69, 9.17) is 37.9 Å². The van der Waals surface area contributed by atoms with Crippen LogP contribution < -0.4 is 23.7 Å². The average molecular weight is 548 g/mol. The number of aliphatic hydroxyl groups is 4. The van der Waals surface area contributed by atoms with Crippen LogP contribution in [0.4, 0.5) is 0 Å². The molecule has 2 aromatic carbocycles. The molecule has 5 heterocycles. The fraction of sp³-hybridized carbons (Fsp3) is 0.538. The number of hydrogen-bond donors (Lipinski definition) is 5. The molecule has 5 aliphatic heterocycles. The Morgan fingerprint density at radius 1 is 0.744 bits per heavy atom. The smallest absolute Gasteiger partial charge is 0.231 e. The number of rotatable bonds is 5. The molecule has 0 spiro atoms. The summed E-state index contributed by atoms with van der Waals surface area (Å²) in [5.41, 5.74) is 1.50. The van der Waals surface area contributed by atoms with Gasteiger partial charge in [0.15, 0.2) is 23.0 Å². The lowest BCUT2D eigenvalue weighted by Gasteiger charge is -2.39. The van der Waals surface area contributed by atoms with Gasteiger partial charge in [-0.25, -0.2) is 0 Å². The van der Waals surface area contributed by atoms with Crippen molar-refractivity contribution < 1.29 is 63.4 Å². The molecule has 2 aromatic rings. The summed E-state index contributed by atoms with van der Waals surface area (Å²) in [6, 6.07) is 6.94. The molecule has 0 amide bonds. The normalized spacial score (nSPS) is 36.3. The van der Waals surface area contributed by atoms with Gasteiger partial charge in [0.2, 0.25) is 31.4 Å². The van der Waals surface area contributed by atoms with E-state index in [-0.39, 0.29) is 49.1 Å². The predicted octanol–water partition coefficient (Wildman–Crippen LogP) is 0.103. The van der Waals surface area contributed by atoms with Gasteiger partial charge in [-0.1, -0.05) is 0 Å². The quantitative estimate of drug-likeness (QED) is 0.341. The van der Waals surface area contributed by atoms with Crippen molar-refractivity contribution in [2.75, 3.05) is 33.4 Å². The van der Waals surface area contributed by atoms with Crippen LogP contribution in [0.3, 0.4) is 0 Å². The topological polar surface area (TPSA) is 175 Å². The molecule has 9 unspecified atom stereocenters. The maximum atomic E-state index is 10.5. The van der Waals surface area contributed by atoms with E-state index in [9.17, 15) is 25.5 Å². The van der Waals surface area contributed by atoms with E-state index < -0.39 is 37.3 Å². The molecule has 3 saturated heterocycles. The molecule has 0 bridgehead atoms. The first-order valence-corrected chi connectivity index (χ1v) is 12.7. The van der Waals surface area contributed by atoms with Crippen LogP contribution in [0.1, 0.15) is 23.3 Å². The van der Waals surface area contributed by atoms with E-state index >= 15 is 0 Å². The summed E-state index contributed by atoms with van der Waals surface area (Å²) >= 11 is 0. The van der Waals surface area contributed by atoms with E-state index in [1.54, 1.807) is 18.2 Å². The molecular formula is C26H28O13. The highest BCUT2D eigenvalue weighted by atomic mass is 16.7. The predicted molar refractivity (Wildman–Crippen MR) is 126 cm³/mol. The van der Waals surface area contributed by atoms with Crippen LogP contribution >= 0.6 is 0 Å². The zero-order chi connectivity index (χ0) is 26.8. The molecule has 5 N–H and O–H groups in total. The molecule has 0 radical (unpaired) electrons.